The highest BCUT2D eigenvalue weighted by atomic mass is 19.1. The molecule has 0 saturated carbocycles. The second-order valence-electron chi connectivity index (χ2n) is 18.3. The van der Waals surface area contributed by atoms with E-state index in [-0.39, 0.29) is 81.9 Å². The maximum absolute atomic E-state index is 13.3. The molecule has 82 heavy (non-hydrogen) atoms. The van der Waals surface area contributed by atoms with Crippen LogP contribution in [0.2, 0.25) is 0 Å². The predicted molar refractivity (Wildman–Crippen MR) is 280 cm³/mol. The molecule has 0 radical (unpaired) electrons. The van der Waals surface area contributed by atoms with Crippen LogP contribution in [0.25, 0.3) is 44.7 Å². The lowest BCUT2D eigenvalue weighted by atomic mass is 9.95. The molecule has 0 amide bonds. The van der Waals surface area contributed by atoms with Gasteiger partial charge in [-0.2, -0.15) is 57.4 Å². The zero-order valence-corrected chi connectivity index (χ0v) is 43.0. The summed E-state index contributed by atoms with van der Waals surface area (Å²) in [6.07, 6.45) is 27.3. The molecule has 12 N–H and O–H groups in total. The van der Waals surface area contributed by atoms with Crippen molar-refractivity contribution in [2.75, 3.05) is 36.1 Å². The summed E-state index contributed by atoms with van der Waals surface area (Å²) in [6.45, 7) is 2.85. The van der Waals surface area contributed by atoms with Gasteiger partial charge in [-0.05, 0) is 37.1 Å². The lowest BCUT2D eigenvalue weighted by Gasteiger charge is -2.24. The Labute approximate surface area is 460 Å². The zero-order valence-electron chi connectivity index (χ0n) is 43.0. The largest absolute Gasteiger partial charge is 0.392 e. The molecular formula is C50H48F4N20O8. The fourth-order valence-electron chi connectivity index (χ4n) is 9.11. The zero-order chi connectivity index (χ0) is 59.1. The maximum Gasteiger partial charge on any atom is 0.312 e. The van der Waals surface area contributed by atoms with Gasteiger partial charge in [0.05, 0.1) is 44.6 Å². The first kappa shape index (κ1) is 57.2. The van der Waals surface area contributed by atoms with Crippen LogP contribution in [0.3, 0.4) is 0 Å². The van der Waals surface area contributed by atoms with Crippen molar-refractivity contribution in [1.29, 1.82) is 0 Å². The number of terminal acetylenes is 4. The molecule has 2 saturated heterocycles. The van der Waals surface area contributed by atoms with Crippen LogP contribution in [0.1, 0.15) is 64.4 Å². The number of rotatable bonds is 8. The molecule has 4 aliphatic rings. The fraction of sp³-hybridized carbons (Fsp3) is 0.360. The summed E-state index contributed by atoms with van der Waals surface area (Å²) < 4.78 is 81.9. The van der Waals surface area contributed by atoms with Crippen molar-refractivity contribution in [2.45, 2.75) is 99.1 Å². The monoisotopic (exact) mass is 1130 g/mol. The van der Waals surface area contributed by atoms with Gasteiger partial charge >= 0.3 is 24.3 Å². The van der Waals surface area contributed by atoms with E-state index >= 15 is 0 Å². The first-order chi connectivity index (χ1) is 39.2. The van der Waals surface area contributed by atoms with Crippen LogP contribution in [0, 0.1) is 73.7 Å². The average molecular weight is 1130 g/mol. The lowest BCUT2D eigenvalue weighted by Crippen LogP contribution is -2.41. The second kappa shape index (κ2) is 22.2. The van der Waals surface area contributed by atoms with Crippen LogP contribution in [0.5, 0.6) is 0 Å². The van der Waals surface area contributed by atoms with Crippen molar-refractivity contribution in [2.24, 2.45) is 0 Å². The number of fused-ring (bicyclic) bond motifs is 4. The molecule has 0 spiro atoms. The van der Waals surface area contributed by atoms with Crippen molar-refractivity contribution < 1.29 is 56.9 Å². The molecule has 424 valence electrons. The van der Waals surface area contributed by atoms with Gasteiger partial charge in [0.15, 0.2) is 97.2 Å². The summed E-state index contributed by atoms with van der Waals surface area (Å²) in [5.41, 5.74) is 19.8. The second-order valence-corrected chi connectivity index (χ2v) is 18.3. The number of imidazole rings is 4. The minimum atomic E-state index is -1.50. The van der Waals surface area contributed by atoms with Gasteiger partial charge in [0.25, 0.3) is 0 Å². The Morgan fingerprint density at radius 1 is 0.500 bits per heavy atom. The molecule has 10 atom stereocenters. The van der Waals surface area contributed by atoms with Gasteiger partial charge in [-0.3, -0.25) is 18.3 Å². The normalized spacial score (nSPS) is 27.0. The van der Waals surface area contributed by atoms with Crippen molar-refractivity contribution in [1.82, 2.24) is 78.1 Å². The van der Waals surface area contributed by atoms with Crippen LogP contribution in [0.4, 0.5) is 40.8 Å². The van der Waals surface area contributed by atoms with Crippen LogP contribution < -0.4 is 22.9 Å². The van der Waals surface area contributed by atoms with Crippen molar-refractivity contribution in [3.63, 3.8) is 0 Å². The van der Waals surface area contributed by atoms with Gasteiger partial charge in [0, 0.05) is 12.8 Å². The third kappa shape index (κ3) is 10.2. The minimum Gasteiger partial charge on any atom is -0.392 e. The van der Waals surface area contributed by atoms with E-state index < -0.39 is 90.4 Å². The fourth-order valence-corrected chi connectivity index (χ4v) is 9.11. The van der Waals surface area contributed by atoms with Gasteiger partial charge in [0.2, 0.25) is 0 Å². The molecule has 0 bridgehead atoms. The molecule has 32 heteroatoms. The molecule has 28 nitrogen and oxygen atoms in total. The van der Waals surface area contributed by atoms with Crippen LogP contribution in [0.15, 0.2) is 49.6 Å². The number of aromatic nitrogens is 16. The number of nitrogens with zero attached hydrogens (tertiary/aromatic N) is 16. The predicted octanol–water partition coefficient (Wildman–Crippen LogP) is 1.21. The Hall–Kier alpha value is -9.48. The van der Waals surface area contributed by atoms with Crippen LogP contribution >= 0.6 is 0 Å². The van der Waals surface area contributed by atoms with Gasteiger partial charge in [-0.25, -0.2) is 19.9 Å². The third-order valence-corrected chi connectivity index (χ3v) is 13.7. The number of aliphatic hydroxyl groups excluding tert-OH is 4. The summed E-state index contributed by atoms with van der Waals surface area (Å²) in [4.78, 5) is 44.5. The Morgan fingerprint density at radius 3 is 1.13 bits per heavy atom. The Balaban J connectivity index is 0.000000132. The van der Waals surface area contributed by atoms with Gasteiger partial charge in [-0.1, -0.05) is 37.5 Å². The third-order valence-electron chi connectivity index (χ3n) is 13.7. The maximum atomic E-state index is 13.3. The number of aliphatic hydroxyl groups is 4. The van der Waals surface area contributed by atoms with Gasteiger partial charge in [0.1, 0.15) is 24.2 Å². The Bertz CT molecular complexity index is 3740. The number of hydrogen-bond acceptors (Lipinski definition) is 24. The van der Waals surface area contributed by atoms with E-state index in [0.717, 1.165) is 0 Å². The number of anilines is 4. The average Bonchev–Trinajstić information content (AvgIpc) is 4.54. The van der Waals surface area contributed by atoms with Crippen molar-refractivity contribution in [3.8, 4) is 49.4 Å². The highest BCUT2D eigenvalue weighted by Crippen LogP contribution is 2.41. The van der Waals surface area contributed by atoms with E-state index in [9.17, 15) is 38.0 Å². The molecule has 0 aliphatic carbocycles. The van der Waals surface area contributed by atoms with E-state index in [4.69, 9.17) is 67.6 Å². The van der Waals surface area contributed by atoms with E-state index in [1.807, 2.05) is 19.9 Å². The van der Waals surface area contributed by atoms with Crippen molar-refractivity contribution in [3.05, 3.63) is 73.9 Å². The van der Waals surface area contributed by atoms with Gasteiger partial charge in [-0.15, -0.1) is 25.7 Å². The number of ether oxygens (including phenoxy) is 4. The summed E-state index contributed by atoms with van der Waals surface area (Å²) in [5, 5.41) is 38.8. The quantitative estimate of drug-likeness (QED) is 0.0459. The number of nitrogen functional groups attached to an aromatic ring is 4. The molecular weight excluding hydrogens is 1080 g/mol. The smallest absolute Gasteiger partial charge is 0.312 e. The topological polar surface area (TPSA) is 396 Å². The number of nitrogens with two attached hydrogens (primary N) is 4. The van der Waals surface area contributed by atoms with Crippen molar-refractivity contribution >= 4 is 67.9 Å². The molecule has 8 aromatic heterocycles. The molecule has 12 rings (SSSR count). The first-order valence-corrected chi connectivity index (χ1v) is 24.4. The van der Waals surface area contributed by atoms with Crippen LogP contribution in [-0.2, 0) is 18.9 Å². The van der Waals surface area contributed by atoms with E-state index in [1.54, 1.807) is 22.8 Å². The van der Waals surface area contributed by atoms with Gasteiger partial charge < -0.3 is 62.3 Å². The molecule has 0 unspecified atom stereocenters. The standard InChI is InChI=1S/C13H14FN5O2.C13H12FN5O.C12H12FN5O3.C12H10FN5O2/c1-3-13(4-2)7(20)5-8(21-13)19-6-16-9-10(15)17-12(14)18-11(9)19;1-3-13(4-2)6-5-8(20-13)19-7-16-9-10(15)17-12(14)18-11(9)19;1-2-12(4-19)6(20)3-7(21-12)18-5-15-8-9(14)16-11(13)17-10(8)18;1-2-12(5-19)4-3-7(20-12)18-6-15-8-9(14)16-11(13)17-10(8)18/h1,6-8,20H,4-5H2,2H3,(H2,15,17,18);1,5-8H,4H2,2H3,(H2,15,17,18);1,5-7,19-20H,3-4H2,(H2,14,16,17);1,3-4,6-7,19H,5H2,(H2,14,16,17)/t7-,8-,13-;8-,13-;6-,7-,12-;7-,12+/m1111/s1. The first-order valence-electron chi connectivity index (χ1n) is 24.4. The summed E-state index contributed by atoms with van der Waals surface area (Å²) in [7, 11) is 0. The van der Waals surface area contributed by atoms with E-state index in [0.29, 0.717) is 18.4 Å². The lowest BCUT2D eigenvalue weighted by molar-refractivity contribution is -0.0891. The molecule has 4 aliphatic heterocycles. The molecule has 12 heterocycles. The van der Waals surface area contributed by atoms with Crippen LogP contribution in [-0.4, -0.2) is 146 Å². The number of halogens is 4. The van der Waals surface area contributed by atoms with E-state index in [1.165, 1.54) is 39.0 Å². The SMILES string of the molecule is C#C[C@@]1(CC)C=C[C@H](n2cnc3c(N)nc(F)nc32)O1.C#C[C@@]1(CO)C=C[C@H](n2cnc3c(N)nc(F)nc32)O1.C#C[C@]1(CC)O[C@@H](n2cnc3c(N)nc(F)nc32)C[C@H]1O.C#C[C@]1(CO)O[C@@H](n2cnc3c(N)nc(F)nc32)C[C@H]1O. The minimum absolute atomic E-state index is 0.00747. The Morgan fingerprint density at radius 2 is 0.841 bits per heavy atom. The number of hydrogen-bond donors (Lipinski definition) is 8. The molecule has 0 aromatic carbocycles. The highest BCUT2D eigenvalue weighted by molar-refractivity contribution is 5.83. The Kier molecular flexibility index (Phi) is 15.5. The van der Waals surface area contributed by atoms with E-state index in [2.05, 4.69) is 83.5 Å². The molecule has 2 fully saturated rings. The summed E-state index contributed by atoms with van der Waals surface area (Å²) in [6, 6.07) is 0. The summed E-state index contributed by atoms with van der Waals surface area (Å²) in [5.74, 6) is 9.53. The molecule has 8 aromatic rings. The highest BCUT2D eigenvalue weighted by Gasteiger charge is 2.49. The summed E-state index contributed by atoms with van der Waals surface area (Å²) >= 11 is 0.